The third-order valence-corrected chi connectivity index (χ3v) is 1.91. The molecule has 0 fully saturated rings. The van der Waals surface area contributed by atoms with Crippen LogP contribution in [-0.4, -0.2) is 29.3 Å². The van der Waals surface area contributed by atoms with Crippen molar-refractivity contribution in [3.63, 3.8) is 0 Å². The number of rotatable bonds is 4. The first kappa shape index (κ1) is 11.0. The smallest absolute Gasteiger partial charge is 0.120 e. The van der Waals surface area contributed by atoms with Gasteiger partial charge in [0.25, 0.3) is 0 Å². The molecule has 0 spiro atoms. The average Bonchev–Trinajstić information content (AvgIpc) is 2.10. The topological polar surface area (TPSA) is 55.7 Å². The van der Waals surface area contributed by atoms with Crippen LogP contribution >= 0.6 is 0 Å². The van der Waals surface area contributed by atoms with E-state index in [0.717, 1.165) is 11.1 Å². The summed E-state index contributed by atoms with van der Waals surface area (Å²) < 4.78 is 0. The Labute approximate surface area is 83.7 Å². The van der Waals surface area contributed by atoms with Gasteiger partial charge in [-0.3, -0.25) is 0 Å². The van der Waals surface area contributed by atoms with Gasteiger partial charge in [-0.15, -0.1) is 0 Å². The maximum absolute atomic E-state index is 9.54. The van der Waals surface area contributed by atoms with Gasteiger partial charge in [-0.1, -0.05) is 6.07 Å². The van der Waals surface area contributed by atoms with Gasteiger partial charge in [0, 0.05) is 18.7 Å². The number of hydrogen-bond donors (Lipinski definition) is 3. The van der Waals surface area contributed by atoms with E-state index in [-0.39, 0.29) is 0 Å². The minimum Gasteiger partial charge on any atom is -0.508 e. The molecule has 78 valence electrons. The van der Waals surface area contributed by atoms with E-state index in [0.29, 0.717) is 18.8 Å². The summed E-state index contributed by atoms with van der Waals surface area (Å²) in [6.45, 7) is 1.08. The first-order chi connectivity index (χ1) is 6.63. The van der Waals surface area contributed by atoms with Crippen LogP contribution in [0.1, 0.15) is 11.1 Å². The molecule has 1 aromatic carbocycles. The Kier molecular flexibility index (Phi) is 3.88. The van der Waals surface area contributed by atoms with Crippen molar-refractivity contribution in [1.82, 2.24) is 10.4 Å². The zero-order valence-electron chi connectivity index (χ0n) is 8.49. The maximum atomic E-state index is 9.54. The van der Waals surface area contributed by atoms with E-state index in [4.69, 9.17) is 5.21 Å². The molecule has 0 unspecified atom stereocenters. The van der Waals surface area contributed by atoms with E-state index in [9.17, 15) is 5.11 Å². The monoisotopic (exact) mass is 196 g/mol. The number of phenols is 1. The van der Waals surface area contributed by atoms with Crippen LogP contribution in [-0.2, 0) is 13.1 Å². The molecule has 0 aromatic heterocycles. The largest absolute Gasteiger partial charge is 0.508 e. The third kappa shape index (κ3) is 2.99. The van der Waals surface area contributed by atoms with Crippen molar-refractivity contribution in [2.45, 2.75) is 13.1 Å². The normalized spacial score (nSPS) is 10.9. The van der Waals surface area contributed by atoms with Crippen molar-refractivity contribution >= 4 is 0 Å². The maximum Gasteiger partial charge on any atom is 0.120 e. The van der Waals surface area contributed by atoms with Crippen molar-refractivity contribution in [1.29, 1.82) is 0 Å². The summed E-state index contributed by atoms with van der Waals surface area (Å²) >= 11 is 0. The van der Waals surface area contributed by atoms with Crippen LogP contribution in [0.25, 0.3) is 0 Å². The molecule has 1 aromatic rings. The summed E-state index contributed by atoms with van der Waals surface area (Å²) in [5.41, 5.74) is 3.90. The van der Waals surface area contributed by atoms with Crippen molar-refractivity contribution < 1.29 is 10.3 Å². The molecule has 0 aliphatic rings. The van der Waals surface area contributed by atoms with Gasteiger partial charge in [-0.05, 0) is 31.8 Å². The van der Waals surface area contributed by atoms with Crippen LogP contribution in [0.4, 0.5) is 0 Å². The number of hydrogen-bond acceptors (Lipinski definition) is 4. The third-order valence-electron chi connectivity index (χ3n) is 1.91. The van der Waals surface area contributed by atoms with Crippen LogP contribution in [0.3, 0.4) is 0 Å². The van der Waals surface area contributed by atoms with Gasteiger partial charge in [0.15, 0.2) is 0 Å². The fraction of sp³-hybridized carbons (Fsp3) is 0.400. The van der Waals surface area contributed by atoms with Crippen molar-refractivity contribution in [2.24, 2.45) is 0 Å². The highest BCUT2D eigenvalue weighted by Gasteiger charge is 2.03. The van der Waals surface area contributed by atoms with Gasteiger partial charge in [-0.2, -0.15) is 0 Å². The lowest BCUT2D eigenvalue weighted by Crippen LogP contribution is -2.12. The summed E-state index contributed by atoms with van der Waals surface area (Å²) in [5, 5.41) is 18.1. The standard InChI is InChI=1S/C10H16N2O2/c1-12(2)7-9-5-8(6-11-14)3-4-10(9)13/h3-5,11,13-14H,6-7H2,1-2H3. The van der Waals surface area contributed by atoms with Gasteiger partial charge >= 0.3 is 0 Å². The van der Waals surface area contributed by atoms with Crippen molar-refractivity contribution in [2.75, 3.05) is 14.1 Å². The van der Waals surface area contributed by atoms with E-state index in [1.165, 1.54) is 0 Å². The highest BCUT2D eigenvalue weighted by Crippen LogP contribution is 2.19. The molecule has 0 saturated carbocycles. The van der Waals surface area contributed by atoms with E-state index in [1.807, 2.05) is 25.1 Å². The molecular formula is C10H16N2O2. The van der Waals surface area contributed by atoms with E-state index < -0.39 is 0 Å². The summed E-state index contributed by atoms with van der Waals surface area (Å²) in [7, 11) is 3.88. The fourth-order valence-corrected chi connectivity index (χ4v) is 1.31. The Balaban J connectivity index is 2.84. The number of hydroxylamine groups is 1. The molecule has 0 radical (unpaired) electrons. The number of phenolic OH excluding ortho intramolecular Hbond substituents is 1. The van der Waals surface area contributed by atoms with Gasteiger partial charge in [0.2, 0.25) is 0 Å². The van der Waals surface area contributed by atoms with Gasteiger partial charge in [0.1, 0.15) is 5.75 Å². The number of benzene rings is 1. The van der Waals surface area contributed by atoms with Crippen LogP contribution in [0.5, 0.6) is 5.75 Å². The van der Waals surface area contributed by atoms with E-state index in [1.54, 1.807) is 12.1 Å². The van der Waals surface area contributed by atoms with Crippen LogP contribution in [0, 0.1) is 0 Å². The Bertz CT molecular complexity index is 300. The Morgan fingerprint density at radius 3 is 2.64 bits per heavy atom. The van der Waals surface area contributed by atoms with Gasteiger partial charge in [-0.25, -0.2) is 5.48 Å². The minimum absolute atomic E-state index is 0.292. The van der Waals surface area contributed by atoms with Crippen LogP contribution in [0.2, 0.25) is 0 Å². The summed E-state index contributed by atoms with van der Waals surface area (Å²) in [6.07, 6.45) is 0. The summed E-state index contributed by atoms with van der Waals surface area (Å²) in [6, 6.07) is 5.29. The summed E-state index contributed by atoms with van der Waals surface area (Å²) in [4.78, 5) is 1.98. The Morgan fingerprint density at radius 1 is 1.36 bits per heavy atom. The Hall–Kier alpha value is -1.10. The minimum atomic E-state index is 0.292. The SMILES string of the molecule is CN(C)Cc1cc(CNO)ccc1O. The van der Waals surface area contributed by atoms with Crippen LogP contribution in [0.15, 0.2) is 18.2 Å². The molecule has 1 rings (SSSR count). The van der Waals surface area contributed by atoms with Crippen molar-refractivity contribution in [3.05, 3.63) is 29.3 Å². The molecule has 0 aliphatic heterocycles. The quantitative estimate of drug-likeness (QED) is 0.627. The van der Waals surface area contributed by atoms with E-state index in [2.05, 4.69) is 5.48 Å². The molecule has 0 heterocycles. The molecular weight excluding hydrogens is 180 g/mol. The molecule has 3 N–H and O–H groups in total. The second kappa shape index (κ2) is 4.95. The van der Waals surface area contributed by atoms with E-state index >= 15 is 0 Å². The first-order valence-corrected chi connectivity index (χ1v) is 4.46. The lowest BCUT2D eigenvalue weighted by molar-refractivity contribution is 0.161. The van der Waals surface area contributed by atoms with Gasteiger partial charge in [0.05, 0.1) is 0 Å². The molecule has 14 heavy (non-hydrogen) atoms. The number of nitrogens with one attached hydrogen (secondary N) is 1. The zero-order valence-corrected chi connectivity index (χ0v) is 8.49. The lowest BCUT2D eigenvalue weighted by atomic mass is 10.1. The summed E-state index contributed by atoms with van der Waals surface area (Å²) in [5.74, 6) is 0.292. The zero-order chi connectivity index (χ0) is 10.6. The highest BCUT2D eigenvalue weighted by atomic mass is 16.5. The second-order valence-electron chi connectivity index (χ2n) is 3.54. The predicted molar refractivity (Wildman–Crippen MR) is 54.1 cm³/mol. The first-order valence-electron chi connectivity index (χ1n) is 4.46. The molecule has 0 atom stereocenters. The highest BCUT2D eigenvalue weighted by molar-refractivity contribution is 5.36. The lowest BCUT2D eigenvalue weighted by Gasteiger charge is -2.12. The van der Waals surface area contributed by atoms with Crippen LogP contribution < -0.4 is 5.48 Å². The molecule has 0 saturated heterocycles. The second-order valence-corrected chi connectivity index (χ2v) is 3.54. The molecule has 4 nitrogen and oxygen atoms in total. The molecule has 0 aliphatic carbocycles. The van der Waals surface area contributed by atoms with Crippen molar-refractivity contribution in [3.8, 4) is 5.75 Å². The number of nitrogens with zero attached hydrogens (tertiary/aromatic N) is 1. The average molecular weight is 196 g/mol. The Morgan fingerprint density at radius 2 is 2.07 bits per heavy atom. The fourth-order valence-electron chi connectivity index (χ4n) is 1.31. The molecule has 4 heteroatoms. The number of aromatic hydroxyl groups is 1. The predicted octanol–water partition coefficient (Wildman–Crippen LogP) is 0.933. The van der Waals surface area contributed by atoms with Gasteiger partial charge < -0.3 is 15.2 Å². The molecule has 0 bridgehead atoms. The molecule has 0 amide bonds.